The Balaban J connectivity index is 1.49. The smallest absolute Gasteiger partial charge is 0.408 e. The van der Waals surface area contributed by atoms with E-state index < -0.39 is 11.7 Å². The topological polar surface area (TPSA) is 81.1 Å². The quantitative estimate of drug-likeness (QED) is 0.588. The van der Waals surface area contributed by atoms with E-state index in [0.717, 1.165) is 16.8 Å². The van der Waals surface area contributed by atoms with Gasteiger partial charge in [0.05, 0.1) is 11.7 Å². The van der Waals surface area contributed by atoms with Crippen LogP contribution in [0.4, 0.5) is 4.79 Å². The molecule has 0 fully saturated rings. The molecule has 1 aromatic heterocycles. The Labute approximate surface area is 185 Å². The van der Waals surface area contributed by atoms with Crippen LogP contribution in [0.25, 0.3) is 16.8 Å². The standard InChI is InChI=1S/C23H25N5O2S/c1-15(24-22(29)30-23(2,3)4)20-25-26-21-28(20)27-19(14-31-21)18-12-10-17(11-13-18)16-8-6-5-7-9-16/h5-15,27H,1-4H3,(H,24,29)/t15-/m0/s1. The van der Waals surface area contributed by atoms with Gasteiger partial charge in [0.15, 0.2) is 5.82 Å². The van der Waals surface area contributed by atoms with Gasteiger partial charge in [-0.3, -0.25) is 5.43 Å². The van der Waals surface area contributed by atoms with E-state index in [-0.39, 0.29) is 6.04 Å². The number of nitrogens with zero attached hydrogens (tertiary/aromatic N) is 3. The molecule has 31 heavy (non-hydrogen) atoms. The van der Waals surface area contributed by atoms with Crippen LogP contribution in [0.5, 0.6) is 0 Å². The van der Waals surface area contributed by atoms with Gasteiger partial charge < -0.3 is 10.1 Å². The third-order valence-corrected chi connectivity index (χ3v) is 5.42. The summed E-state index contributed by atoms with van der Waals surface area (Å²) in [6, 6.07) is 18.3. The third-order valence-electron chi connectivity index (χ3n) is 4.60. The average Bonchev–Trinajstić information content (AvgIpc) is 3.16. The average molecular weight is 436 g/mol. The number of amides is 1. The first-order chi connectivity index (χ1) is 14.8. The van der Waals surface area contributed by atoms with Crippen molar-refractivity contribution in [2.45, 2.75) is 44.5 Å². The summed E-state index contributed by atoms with van der Waals surface area (Å²) in [5.74, 6) is 0.597. The highest BCUT2D eigenvalue weighted by molar-refractivity contribution is 8.02. The second kappa shape index (κ2) is 8.47. The van der Waals surface area contributed by atoms with Crippen molar-refractivity contribution in [1.29, 1.82) is 0 Å². The van der Waals surface area contributed by atoms with Crippen LogP contribution in [-0.2, 0) is 4.74 Å². The molecule has 0 bridgehead atoms. The maximum absolute atomic E-state index is 12.1. The summed E-state index contributed by atoms with van der Waals surface area (Å²) < 4.78 is 7.14. The van der Waals surface area contributed by atoms with Crippen molar-refractivity contribution in [3.8, 4) is 11.1 Å². The van der Waals surface area contributed by atoms with Crippen LogP contribution in [0.15, 0.2) is 65.2 Å². The molecule has 0 saturated heterocycles. The highest BCUT2D eigenvalue weighted by Crippen LogP contribution is 2.31. The number of fused-ring (bicyclic) bond motifs is 1. The van der Waals surface area contributed by atoms with Crippen LogP contribution >= 0.6 is 11.8 Å². The Kier molecular flexibility index (Phi) is 5.73. The number of ether oxygens (including phenoxy) is 1. The van der Waals surface area contributed by atoms with E-state index in [0.29, 0.717) is 11.0 Å². The summed E-state index contributed by atoms with van der Waals surface area (Å²) in [4.78, 5) is 12.1. The number of hydrogen-bond acceptors (Lipinski definition) is 6. The van der Waals surface area contributed by atoms with Gasteiger partial charge >= 0.3 is 6.09 Å². The Hall–Kier alpha value is -3.26. The van der Waals surface area contributed by atoms with Gasteiger partial charge in [-0.05, 0) is 44.4 Å². The third kappa shape index (κ3) is 4.91. The molecule has 0 saturated carbocycles. The summed E-state index contributed by atoms with van der Waals surface area (Å²) in [5, 5.41) is 14.0. The van der Waals surface area contributed by atoms with Crippen molar-refractivity contribution in [3.05, 3.63) is 71.4 Å². The molecule has 160 valence electrons. The maximum Gasteiger partial charge on any atom is 0.408 e. The summed E-state index contributed by atoms with van der Waals surface area (Å²) >= 11 is 1.48. The van der Waals surface area contributed by atoms with E-state index in [4.69, 9.17) is 4.74 Å². The van der Waals surface area contributed by atoms with Gasteiger partial charge in [-0.25, -0.2) is 9.47 Å². The zero-order valence-corrected chi connectivity index (χ0v) is 18.7. The van der Waals surface area contributed by atoms with Crippen LogP contribution in [0.1, 0.15) is 45.1 Å². The molecule has 7 nitrogen and oxygen atoms in total. The van der Waals surface area contributed by atoms with Gasteiger partial charge in [-0.1, -0.05) is 66.4 Å². The highest BCUT2D eigenvalue weighted by Gasteiger charge is 2.25. The molecule has 1 atom stereocenters. The fourth-order valence-electron chi connectivity index (χ4n) is 3.16. The lowest BCUT2D eigenvalue weighted by Gasteiger charge is -2.23. The van der Waals surface area contributed by atoms with E-state index in [9.17, 15) is 4.79 Å². The molecular formula is C23H25N5O2S. The molecule has 0 aliphatic carbocycles. The Morgan fingerprint density at radius 2 is 1.68 bits per heavy atom. The molecular weight excluding hydrogens is 410 g/mol. The van der Waals surface area contributed by atoms with E-state index in [1.807, 2.05) is 51.3 Å². The fourth-order valence-corrected chi connectivity index (χ4v) is 3.90. The first kappa shape index (κ1) is 21.0. The van der Waals surface area contributed by atoms with E-state index in [1.165, 1.54) is 17.3 Å². The minimum atomic E-state index is -0.565. The number of thioether (sulfide) groups is 1. The van der Waals surface area contributed by atoms with E-state index in [2.05, 4.69) is 57.3 Å². The van der Waals surface area contributed by atoms with Crippen LogP contribution in [0.3, 0.4) is 0 Å². The van der Waals surface area contributed by atoms with Crippen LogP contribution in [-0.4, -0.2) is 26.6 Å². The summed E-state index contributed by atoms with van der Waals surface area (Å²) in [6.45, 7) is 7.33. The summed E-state index contributed by atoms with van der Waals surface area (Å²) in [7, 11) is 0. The zero-order chi connectivity index (χ0) is 22.0. The van der Waals surface area contributed by atoms with Crippen molar-refractivity contribution >= 4 is 23.6 Å². The number of benzene rings is 2. The van der Waals surface area contributed by atoms with Gasteiger partial charge in [0.25, 0.3) is 0 Å². The number of carbonyl (C=O) groups excluding carboxylic acids is 1. The summed E-state index contributed by atoms with van der Waals surface area (Å²) in [6.07, 6.45) is -0.493. The zero-order valence-electron chi connectivity index (χ0n) is 17.9. The van der Waals surface area contributed by atoms with E-state index >= 15 is 0 Å². The van der Waals surface area contributed by atoms with Crippen LogP contribution in [0.2, 0.25) is 0 Å². The van der Waals surface area contributed by atoms with Gasteiger partial charge in [0, 0.05) is 5.41 Å². The fraction of sp³-hybridized carbons (Fsp3) is 0.261. The molecule has 1 aliphatic heterocycles. The van der Waals surface area contributed by atoms with Crippen LogP contribution in [0, 0.1) is 0 Å². The highest BCUT2D eigenvalue weighted by atomic mass is 32.2. The minimum Gasteiger partial charge on any atom is -0.444 e. The monoisotopic (exact) mass is 435 g/mol. The molecule has 0 spiro atoms. The first-order valence-corrected chi connectivity index (χ1v) is 10.9. The number of aromatic nitrogens is 3. The van der Waals surface area contributed by atoms with Crippen LogP contribution < -0.4 is 10.7 Å². The summed E-state index contributed by atoms with van der Waals surface area (Å²) in [5.41, 5.74) is 7.12. The number of carbonyl (C=O) groups is 1. The number of rotatable bonds is 4. The molecule has 1 aliphatic rings. The second-order valence-corrected chi connectivity index (χ2v) is 9.09. The molecule has 4 rings (SSSR count). The lowest BCUT2D eigenvalue weighted by molar-refractivity contribution is 0.0505. The molecule has 3 aromatic rings. The van der Waals surface area contributed by atoms with Gasteiger partial charge in [0.2, 0.25) is 5.16 Å². The molecule has 8 heteroatoms. The number of hydrogen-bond donors (Lipinski definition) is 2. The molecule has 2 aromatic carbocycles. The minimum absolute atomic E-state index is 0.385. The SMILES string of the molecule is C[C@H](NC(=O)OC(C)(C)C)c1nnc2n1NC(c1ccc(-c3ccccc3)cc1)=CS2. The Morgan fingerprint density at radius 3 is 2.35 bits per heavy atom. The molecule has 1 amide bonds. The predicted octanol–water partition coefficient (Wildman–Crippen LogP) is 5.18. The largest absolute Gasteiger partial charge is 0.444 e. The molecule has 0 unspecified atom stereocenters. The van der Waals surface area contributed by atoms with Gasteiger partial charge in [0.1, 0.15) is 5.60 Å². The lowest BCUT2D eigenvalue weighted by atomic mass is 10.0. The number of nitrogens with one attached hydrogen (secondary N) is 2. The van der Waals surface area contributed by atoms with Crippen molar-refractivity contribution in [2.24, 2.45) is 0 Å². The first-order valence-electron chi connectivity index (χ1n) is 10.0. The van der Waals surface area contributed by atoms with Gasteiger partial charge in [-0.15, -0.1) is 10.2 Å². The molecule has 2 N–H and O–H groups in total. The van der Waals surface area contributed by atoms with Crippen molar-refractivity contribution < 1.29 is 9.53 Å². The van der Waals surface area contributed by atoms with Crippen molar-refractivity contribution in [3.63, 3.8) is 0 Å². The van der Waals surface area contributed by atoms with Crippen molar-refractivity contribution in [1.82, 2.24) is 20.2 Å². The van der Waals surface area contributed by atoms with Gasteiger partial charge in [-0.2, -0.15) is 0 Å². The lowest BCUT2D eigenvalue weighted by Crippen LogP contribution is -2.35. The second-order valence-electron chi connectivity index (χ2n) is 8.25. The number of alkyl carbamates (subject to hydrolysis) is 1. The van der Waals surface area contributed by atoms with Crippen molar-refractivity contribution in [2.75, 3.05) is 5.43 Å². The molecule has 2 heterocycles. The normalized spacial score (nSPS) is 14.1. The van der Waals surface area contributed by atoms with E-state index in [1.54, 1.807) is 4.68 Å². The maximum atomic E-state index is 12.1. The predicted molar refractivity (Wildman–Crippen MR) is 123 cm³/mol. The molecule has 0 radical (unpaired) electrons. The Bertz CT molecular complexity index is 1100. The Morgan fingerprint density at radius 1 is 1.03 bits per heavy atom.